The Morgan fingerprint density at radius 2 is 0.593 bits per heavy atom. The van der Waals surface area contributed by atoms with Gasteiger partial charge in [0.2, 0.25) is 0 Å². The second-order valence-electron chi connectivity index (χ2n) is 14.8. The highest BCUT2D eigenvalue weighted by Crippen LogP contribution is 2.44. The highest BCUT2D eigenvalue weighted by atomic mass is 14.3. The first-order chi connectivity index (χ1) is 28.1. The van der Waals surface area contributed by atoms with Gasteiger partial charge in [-0.15, -0.1) is 38.2 Å². The van der Waals surface area contributed by atoms with Gasteiger partial charge in [-0.1, -0.05) is 116 Å². The van der Waals surface area contributed by atoms with Crippen LogP contribution in [0.15, 0.2) is 78.9 Å². The van der Waals surface area contributed by atoms with E-state index in [2.05, 4.69) is 30.3 Å². The molecule has 234 valence electrons. The molecular weight excluding hydrogens is 691 g/mol. The molecule has 0 unspecified atom stereocenters. The molecule has 0 fully saturated rings. The maximum atomic E-state index is 7.10. The van der Waals surface area contributed by atoms with E-state index in [1.807, 2.05) is 48.5 Å². The van der Waals surface area contributed by atoms with Gasteiger partial charge in [0.15, 0.2) is 0 Å². The third-order valence-corrected chi connectivity index (χ3v) is 11.9. The van der Waals surface area contributed by atoms with Crippen molar-refractivity contribution in [3.8, 4) is 33.4 Å². The number of benzene rings is 9. The van der Waals surface area contributed by atoms with Gasteiger partial charge in [0.1, 0.15) is 118 Å². The molecule has 15 heteroatoms. The molecule has 0 nitrogen and oxygen atoms in total. The summed E-state index contributed by atoms with van der Waals surface area (Å²) < 4.78 is 0. The van der Waals surface area contributed by atoms with E-state index in [9.17, 15) is 0 Å². The Balaban J connectivity index is 1.57. The Bertz CT molecular complexity index is 3300. The summed E-state index contributed by atoms with van der Waals surface area (Å²) in [5.74, 6) is 0. The Labute approximate surface area is 363 Å². The topological polar surface area (TPSA) is 0 Å². The van der Waals surface area contributed by atoms with Gasteiger partial charge in [0.05, 0.1) is 0 Å². The fourth-order valence-electron chi connectivity index (χ4n) is 8.77. The van der Waals surface area contributed by atoms with Crippen molar-refractivity contribution < 1.29 is 0 Å². The zero-order valence-electron chi connectivity index (χ0n) is 31.7. The number of hydrogen-bond acceptors (Lipinski definition) is 0. The first-order valence-electron chi connectivity index (χ1n) is 18.4. The molecule has 0 spiro atoms. The number of hydrogen-bond donors (Lipinski definition) is 0. The van der Waals surface area contributed by atoms with Gasteiger partial charge in [-0.25, -0.2) is 0 Å². The Hall–Kier alpha value is -4.75. The summed E-state index contributed by atoms with van der Waals surface area (Å²) in [6.45, 7) is 0. The fourth-order valence-corrected chi connectivity index (χ4v) is 8.77. The van der Waals surface area contributed by atoms with Gasteiger partial charge >= 0.3 is 0 Å². The Kier molecular flexibility index (Phi) is 9.54. The molecule has 0 saturated heterocycles. The molecule has 0 saturated carbocycles. The van der Waals surface area contributed by atoms with Crippen molar-refractivity contribution in [1.82, 2.24) is 0 Å². The van der Waals surface area contributed by atoms with E-state index in [4.69, 9.17) is 118 Å². The van der Waals surface area contributed by atoms with Crippen molar-refractivity contribution in [2.24, 2.45) is 0 Å². The Morgan fingerprint density at radius 1 is 0.237 bits per heavy atom. The van der Waals surface area contributed by atoms with Crippen LogP contribution in [0.1, 0.15) is 0 Å². The van der Waals surface area contributed by atoms with Crippen LogP contribution < -0.4 is 81.9 Å². The summed E-state index contributed by atoms with van der Waals surface area (Å²) >= 11 is 0. The van der Waals surface area contributed by atoms with E-state index in [0.29, 0.717) is 21.9 Å². The monoisotopic (exact) mass is 706 g/mol. The highest BCUT2D eigenvalue weighted by molar-refractivity contribution is 6.75. The molecule has 0 amide bonds. The van der Waals surface area contributed by atoms with Crippen LogP contribution in [0, 0.1) is 0 Å². The molecule has 9 rings (SSSR count). The fraction of sp³-hybridized carbons (Fsp3) is 0. The Morgan fingerprint density at radius 3 is 1.08 bits per heavy atom. The van der Waals surface area contributed by atoms with Crippen LogP contribution >= 0.6 is 0 Å². The molecular formula is C44H13B15. The zero-order valence-corrected chi connectivity index (χ0v) is 31.7. The van der Waals surface area contributed by atoms with E-state index in [0.717, 1.165) is 32.7 Å². The van der Waals surface area contributed by atoms with E-state index >= 15 is 0 Å². The minimum atomic E-state index is -0.0339. The lowest BCUT2D eigenvalue weighted by Crippen LogP contribution is -2.53. The van der Waals surface area contributed by atoms with E-state index in [1.54, 1.807) is 0 Å². The van der Waals surface area contributed by atoms with E-state index < -0.39 is 0 Å². The van der Waals surface area contributed by atoms with Crippen molar-refractivity contribution in [1.29, 1.82) is 0 Å². The third-order valence-electron chi connectivity index (χ3n) is 11.9. The molecule has 0 bridgehead atoms. The number of fused-ring (bicyclic) bond motifs is 5. The smallest absolute Gasteiger partial charge is 0.110 e. The van der Waals surface area contributed by atoms with Crippen LogP contribution in [-0.4, -0.2) is 118 Å². The third kappa shape index (κ3) is 5.52. The zero-order chi connectivity index (χ0) is 42.1. The maximum absolute atomic E-state index is 7.10. The van der Waals surface area contributed by atoms with Crippen LogP contribution in [0.25, 0.3) is 87.2 Å². The standard InChI is InChI=1S/C44H13B15/c45-30-23-21(20-12-11-17(18-7-3-4-8-19(18)20)16-10-9-14-5-1-2-6-15(14)13-16)24-26(34(49)42(57)40(55)31(24)46)22(25(23)33(48)41(56)39(30)54)27-28-29(36(51)38(53)32(27)47)37(52)44(59)43(58)35(28)50/h1-13H. The van der Waals surface area contributed by atoms with E-state index in [1.165, 1.54) is 0 Å². The average Bonchev–Trinajstić information content (AvgIpc) is 3.25. The average molecular weight is 704 g/mol. The first-order valence-corrected chi connectivity index (χ1v) is 18.4. The normalized spacial score (nSPS) is 11.7. The predicted octanol–water partition coefficient (Wildman–Crippen LogP) is -5.64. The summed E-state index contributed by atoms with van der Waals surface area (Å²) in [6, 6.07) is 26.5. The van der Waals surface area contributed by atoms with Crippen LogP contribution in [0.3, 0.4) is 0 Å². The lowest BCUT2D eigenvalue weighted by atomic mass is 9.56. The van der Waals surface area contributed by atoms with Crippen LogP contribution in [-0.2, 0) is 0 Å². The summed E-state index contributed by atoms with van der Waals surface area (Å²) in [6.07, 6.45) is 0. The molecule has 0 aliphatic heterocycles. The summed E-state index contributed by atoms with van der Waals surface area (Å²) in [5, 5.41) is 5.65. The number of rotatable bonds is 3. The van der Waals surface area contributed by atoms with Crippen LogP contribution in [0.2, 0.25) is 0 Å². The van der Waals surface area contributed by atoms with Gasteiger partial charge in [-0.2, -0.15) is 0 Å². The van der Waals surface area contributed by atoms with Crippen LogP contribution in [0.5, 0.6) is 0 Å². The second-order valence-corrected chi connectivity index (χ2v) is 14.8. The minimum absolute atomic E-state index is 0.00227. The van der Waals surface area contributed by atoms with Gasteiger partial charge in [0.25, 0.3) is 0 Å². The highest BCUT2D eigenvalue weighted by Gasteiger charge is 2.28. The quantitative estimate of drug-likeness (QED) is 0.127. The first kappa shape index (κ1) is 39.7. The molecule has 0 aliphatic rings. The minimum Gasteiger partial charge on any atom is -0.110 e. The van der Waals surface area contributed by atoms with Crippen molar-refractivity contribution >= 4 is 253 Å². The summed E-state index contributed by atoms with van der Waals surface area (Å²) in [5.41, 5.74) is 3.88. The SMILES string of the molecule is [B]c1c([B])c([B])c2c(-c3c4c([B])c([B])c([B])c([B])c4c(-c4ccc(-c5ccc6ccccc6c5)c5ccccc45)c4c([B])c([B])c([B])c([B])c34)c([B])c([B])c([B])c2c1[B]. The van der Waals surface area contributed by atoms with Gasteiger partial charge in [0, 0.05) is 0 Å². The molecule has 30 radical (unpaired) electrons. The molecule has 59 heavy (non-hydrogen) atoms. The predicted molar refractivity (Wildman–Crippen MR) is 271 cm³/mol. The molecule has 0 heterocycles. The lowest BCUT2D eigenvalue weighted by Gasteiger charge is -2.32. The van der Waals surface area contributed by atoms with Gasteiger partial charge in [-0.05, 0) is 93.3 Å². The van der Waals surface area contributed by atoms with Crippen molar-refractivity contribution in [2.45, 2.75) is 0 Å². The van der Waals surface area contributed by atoms with E-state index in [-0.39, 0.29) is 115 Å². The maximum Gasteiger partial charge on any atom is 0.113 e. The van der Waals surface area contributed by atoms with Gasteiger partial charge in [-0.3, -0.25) is 0 Å². The molecule has 0 aliphatic carbocycles. The molecule has 9 aromatic carbocycles. The largest absolute Gasteiger partial charge is 0.113 e. The molecule has 0 atom stereocenters. The summed E-state index contributed by atoms with van der Waals surface area (Å²) in [4.78, 5) is 0. The van der Waals surface area contributed by atoms with Crippen molar-refractivity contribution in [3.63, 3.8) is 0 Å². The van der Waals surface area contributed by atoms with Crippen LogP contribution in [0.4, 0.5) is 0 Å². The van der Waals surface area contributed by atoms with Crippen molar-refractivity contribution in [3.05, 3.63) is 78.9 Å². The molecule has 0 N–H and O–H groups in total. The van der Waals surface area contributed by atoms with Gasteiger partial charge < -0.3 is 0 Å². The lowest BCUT2D eigenvalue weighted by molar-refractivity contribution is 1.67. The second kappa shape index (κ2) is 14.2. The molecule has 0 aromatic heterocycles. The summed E-state index contributed by atoms with van der Waals surface area (Å²) in [7, 11) is 102. The van der Waals surface area contributed by atoms with Crippen molar-refractivity contribution in [2.75, 3.05) is 0 Å². The molecule has 9 aromatic rings.